The zero-order chi connectivity index (χ0) is 15.2. The molecular weight excluding hydrogens is 266 g/mol. The number of nitrogens with zero attached hydrogens (tertiary/aromatic N) is 2. The molecule has 114 valence electrons. The first kappa shape index (κ1) is 15.5. The summed E-state index contributed by atoms with van der Waals surface area (Å²) in [6, 6.07) is 9.51. The average Bonchev–Trinajstić information content (AvgIpc) is 2.86. The van der Waals surface area contributed by atoms with Crippen LogP contribution in [0, 0.1) is 5.92 Å². The Morgan fingerprint density at radius 2 is 2.05 bits per heavy atom. The highest BCUT2D eigenvalue weighted by Crippen LogP contribution is 2.24. The van der Waals surface area contributed by atoms with Gasteiger partial charge in [0, 0.05) is 25.2 Å². The van der Waals surface area contributed by atoms with Gasteiger partial charge in [0.15, 0.2) is 0 Å². The molecule has 1 saturated heterocycles. The fraction of sp³-hybridized carbons (Fsp3) is 0.500. The smallest absolute Gasteiger partial charge is 0.227 e. The van der Waals surface area contributed by atoms with E-state index in [1.165, 1.54) is 0 Å². The van der Waals surface area contributed by atoms with Crippen LogP contribution in [0.3, 0.4) is 0 Å². The van der Waals surface area contributed by atoms with E-state index in [4.69, 9.17) is 0 Å². The lowest BCUT2D eigenvalue weighted by Gasteiger charge is -2.16. The van der Waals surface area contributed by atoms with Gasteiger partial charge in [0.05, 0.1) is 5.92 Å². The molecule has 1 fully saturated rings. The molecule has 0 spiro atoms. The van der Waals surface area contributed by atoms with Gasteiger partial charge in [-0.3, -0.25) is 9.59 Å². The number of carbonyl (C=O) groups is 2. The molecule has 2 rings (SSSR count). The molecule has 1 aliphatic rings. The first-order valence-electron chi connectivity index (χ1n) is 7.36. The van der Waals surface area contributed by atoms with Crippen LogP contribution in [0.1, 0.15) is 12.8 Å². The lowest BCUT2D eigenvalue weighted by Crippen LogP contribution is -2.34. The molecular formula is C16H23N3O2. The SMILES string of the molecule is CN(C)CCCNC(=O)[C@H]1CC(=O)N(c2ccccc2)C1. The van der Waals surface area contributed by atoms with Crippen LogP contribution in [0.2, 0.25) is 0 Å². The lowest BCUT2D eigenvalue weighted by molar-refractivity contribution is -0.126. The Hall–Kier alpha value is -1.88. The summed E-state index contributed by atoms with van der Waals surface area (Å²) in [5, 5.41) is 2.93. The molecule has 1 atom stereocenters. The van der Waals surface area contributed by atoms with Gasteiger partial charge in [-0.1, -0.05) is 18.2 Å². The third-order valence-corrected chi connectivity index (χ3v) is 3.65. The second kappa shape index (κ2) is 7.22. The lowest BCUT2D eigenvalue weighted by atomic mass is 10.1. The molecule has 0 saturated carbocycles. The van der Waals surface area contributed by atoms with Crippen molar-refractivity contribution in [3.8, 4) is 0 Å². The predicted octanol–water partition coefficient (Wildman–Crippen LogP) is 1.11. The van der Waals surface area contributed by atoms with Gasteiger partial charge in [-0.2, -0.15) is 0 Å². The number of rotatable bonds is 6. The van der Waals surface area contributed by atoms with Crippen LogP contribution in [0.15, 0.2) is 30.3 Å². The maximum Gasteiger partial charge on any atom is 0.227 e. The summed E-state index contributed by atoms with van der Waals surface area (Å²) in [6.07, 6.45) is 1.22. The van der Waals surface area contributed by atoms with Crippen molar-refractivity contribution < 1.29 is 9.59 Å². The Morgan fingerprint density at radius 1 is 1.33 bits per heavy atom. The molecule has 0 radical (unpaired) electrons. The van der Waals surface area contributed by atoms with Crippen molar-refractivity contribution in [1.29, 1.82) is 0 Å². The number of anilines is 1. The van der Waals surface area contributed by atoms with E-state index in [0.29, 0.717) is 19.5 Å². The quantitative estimate of drug-likeness (QED) is 0.798. The summed E-state index contributed by atoms with van der Waals surface area (Å²) in [4.78, 5) is 27.9. The fourth-order valence-corrected chi connectivity index (χ4v) is 2.49. The molecule has 2 amide bonds. The second-order valence-electron chi connectivity index (χ2n) is 5.69. The summed E-state index contributed by atoms with van der Waals surface area (Å²) in [5.41, 5.74) is 0.866. The van der Waals surface area contributed by atoms with Gasteiger partial charge in [-0.05, 0) is 39.2 Å². The fourth-order valence-electron chi connectivity index (χ4n) is 2.49. The maximum atomic E-state index is 12.1. The van der Waals surface area contributed by atoms with Crippen molar-refractivity contribution in [2.75, 3.05) is 38.6 Å². The number of benzene rings is 1. The van der Waals surface area contributed by atoms with Gasteiger partial charge in [0.25, 0.3) is 0 Å². The Morgan fingerprint density at radius 3 is 2.71 bits per heavy atom. The van der Waals surface area contributed by atoms with Crippen LogP contribution in [0.5, 0.6) is 0 Å². The van der Waals surface area contributed by atoms with Crippen LogP contribution in [0.25, 0.3) is 0 Å². The van der Waals surface area contributed by atoms with E-state index < -0.39 is 0 Å². The van der Waals surface area contributed by atoms with E-state index in [1.807, 2.05) is 44.4 Å². The predicted molar refractivity (Wildman–Crippen MR) is 83.1 cm³/mol. The molecule has 5 nitrogen and oxygen atoms in total. The highest BCUT2D eigenvalue weighted by molar-refractivity contribution is 6.00. The zero-order valence-corrected chi connectivity index (χ0v) is 12.7. The Balaban J connectivity index is 1.83. The van der Waals surface area contributed by atoms with E-state index in [1.54, 1.807) is 4.90 Å². The van der Waals surface area contributed by atoms with Gasteiger partial charge >= 0.3 is 0 Å². The van der Waals surface area contributed by atoms with Crippen molar-refractivity contribution in [3.63, 3.8) is 0 Å². The van der Waals surface area contributed by atoms with Crippen LogP contribution < -0.4 is 10.2 Å². The first-order valence-corrected chi connectivity index (χ1v) is 7.36. The van der Waals surface area contributed by atoms with Gasteiger partial charge in [0.2, 0.25) is 11.8 Å². The third kappa shape index (κ3) is 4.29. The molecule has 0 bridgehead atoms. The van der Waals surface area contributed by atoms with E-state index >= 15 is 0 Å². The third-order valence-electron chi connectivity index (χ3n) is 3.65. The number of para-hydroxylation sites is 1. The highest BCUT2D eigenvalue weighted by atomic mass is 16.2. The number of amides is 2. The van der Waals surface area contributed by atoms with Gasteiger partial charge < -0.3 is 15.1 Å². The molecule has 0 aliphatic carbocycles. The van der Waals surface area contributed by atoms with Crippen molar-refractivity contribution in [1.82, 2.24) is 10.2 Å². The van der Waals surface area contributed by atoms with Crippen LogP contribution in [0.4, 0.5) is 5.69 Å². The minimum atomic E-state index is -0.239. The summed E-state index contributed by atoms with van der Waals surface area (Å²) in [6.45, 7) is 2.08. The van der Waals surface area contributed by atoms with Crippen LogP contribution in [-0.2, 0) is 9.59 Å². The van der Waals surface area contributed by atoms with Crippen molar-refractivity contribution in [2.24, 2.45) is 5.92 Å². The normalized spacial score (nSPS) is 18.3. The molecule has 21 heavy (non-hydrogen) atoms. The van der Waals surface area contributed by atoms with E-state index in [9.17, 15) is 9.59 Å². The number of nitrogens with one attached hydrogen (secondary N) is 1. The number of hydrogen-bond acceptors (Lipinski definition) is 3. The minimum Gasteiger partial charge on any atom is -0.356 e. The van der Waals surface area contributed by atoms with Gasteiger partial charge in [-0.15, -0.1) is 0 Å². The molecule has 5 heteroatoms. The standard InChI is InChI=1S/C16H23N3O2/c1-18(2)10-6-9-17-16(21)13-11-15(20)19(12-13)14-7-4-3-5-8-14/h3-5,7-8,13H,6,9-12H2,1-2H3,(H,17,21)/t13-/m0/s1. The molecule has 1 aromatic rings. The van der Waals surface area contributed by atoms with E-state index in [2.05, 4.69) is 10.2 Å². The summed E-state index contributed by atoms with van der Waals surface area (Å²) in [5.74, 6) is -0.229. The Bertz CT molecular complexity index is 488. The monoisotopic (exact) mass is 289 g/mol. The van der Waals surface area contributed by atoms with Crippen molar-refractivity contribution >= 4 is 17.5 Å². The Kier molecular flexibility index (Phi) is 5.33. The molecule has 1 aromatic carbocycles. The van der Waals surface area contributed by atoms with E-state index in [0.717, 1.165) is 18.7 Å². The number of hydrogen-bond donors (Lipinski definition) is 1. The van der Waals surface area contributed by atoms with Crippen molar-refractivity contribution in [3.05, 3.63) is 30.3 Å². The molecule has 1 N–H and O–H groups in total. The Labute approximate surface area is 125 Å². The van der Waals surface area contributed by atoms with E-state index in [-0.39, 0.29) is 17.7 Å². The first-order chi connectivity index (χ1) is 10.1. The largest absolute Gasteiger partial charge is 0.356 e. The second-order valence-corrected chi connectivity index (χ2v) is 5.69. The molecule has 1 aliphatic heterocycles. The average molecular weight is 289 g/mol. The topological polar surface area (TPSA) is 52.7 Å². The summed E-state index contributed by atoms with van der Waals surface area (Å²) < 4.78 is 0. The summed E-state index contributed by atoms with van der Waals surface area (Å²) in [7, 11) is 4.02. The summed E-state index contributed by atoms with van der Waals surface area (Å²) >= 11 is 0. The molecule has 1 heterocycles. The minimum absolute atomic E-state index is 0.0134. The maximum absolute atomic E-state index is 12.1. The molecule has 0 unspecified atom stereocenters. The zero-order valence-electron chi connectivity index (χ0n) is 12.7. The number of carbonyl (C=O) groups excluding carboxylic acids is 2. The highest BCUT2D eigenvalue weighted by Gasteiger charge is 2.34. The van der Waals surface area contributed by atoms with Crippen LogP contribution >= 0.6 is 0 Å². The van der Waals surface area contributed by atoms with Gasteiger partial charge in [0.1, 0.15) is 0 Å². The van der Waals surface area contributed by atoms with Gasteiger partial charge in [-0.25, -0.2) is 0 Å². The van der Waals surface area contributed by atoms with Crippen LogP contribution in [-0.4, -0.2) is 50.4 Å². The van der Waals surface area contributed by atoms with Crippen molar-refractivity contribution in [2.45, 2.75) is 12.8 Å². The molecule has 0 aromatic heterocycles.